The van der Waals surface area contributed by atoms with Gasteiger partial charge in [-0.25, -0.2) is 4.79 Å². The molecule has 0 aliphatic carbocycles. The van der Waals surface area contributed by atoms with E-state index in [2.05, 4.69) is 21.3 Å². The highest BCUT2D eigenvalue weighted by Crippen LogP contribution is 2.10. The molecule has 1 fully saturated rings. The zero-order valence-corrected chi connectivity index (χ0v) is 19.0. The molecule has 0 bridgehead atoms. The van der Waals surface area contributed by atoms with Crippen molar-refractivity contribution >= 4 is 23.7 Å². The molecule has 10 nitrogen and oxygen atoms in total. The Balaban J connectivity index is 2.16. The van der Waals surface area contributed by atoms with Gasteiger partial charge in [0.15, 0.2) is 0 Å². The summed E-state index contributed by atoms with van der Waals surface area (Å²) in [5.74, 6) is -2.88. The Labute approximate surface area is 193 Å². The monoisotopic (exact) mass is 462 g/mol. The summed E-state index contributed by atoms with van der Waals surface area (Å²) < 4.78 is 0. The summed E-state index contributed by atoms with van der Waals surface area (Å²) in [4.78, 5) is 49.8. The van der Waals surface area contributed by atoms with Gasteiger partial charge in [0.2, 0.25) is 17.7 Å². The minimum atomic E-state index is -1.47. The zero-order chi connectivity index (χ0) is 24.4. The maximum atomic E-state index is 13.2. The minimum absolute atomic E-state index is 0.0170. The molecular weight excluding hydrogens is 428 g/mol. The van der Waals surface area contributed by atoms with Gasteiger partial charge in [-0.3, -0.25) is 14.4 Å². The average Bonchev–Trinajstić information content (AvgIpc) is 3.31. The summed E-state index contributed by atoms with van der Waals surface area (Å²) >= 11 is 0. The van der Waals surface area contributed by atoms with Crippen LogP contribution in [0.15, 0.2) is 30.3 Å². The van der Waals surface area contributed by atoms with Crippen LogP contribution in [0.4, 0.5) is 0 Å². The standard InChI is InChI=1S/C23H34N4O6/c1-14(2)11-17(21(30)27-19(13-28)23(32)33)25-22(31)18(12-15-7-4-3-5-8-15)26-20(29)16-9-6-10-24-16/h3-5,7-8,14,16-19,24,28H,6,9-13H2,1-2H3,(H,25,31)(H,26,29)(H,27,30)(H,32,33). The number of carbonyl (C=O) groups excluding carboxylic acids is 3. The molecule has 33 heavy (non-hydrogen) atoms. The summed E-state index contributed by atoms with van der Waals surface area (Å²) in [5, 5.41) is 29.1. The van der Waals surface area contributed by atoms with Crippen LogP contribution in [-0.2, 0) is 25.6 Å². The Hall–Kier alpha value is -2.98. The van der Waals surface area contributed by atoms with Crippen molar-refractivity contribution in [1.29, 1.82) is 0 Å². The van der Waals surface area contributed by atoms with Crippen LogP contribution in [0.5, 0.6) is 0 Å². The van der Waals surface area contributed by atoms with Gasteiger partial charge in [0.05, 0.1) is 12.6 Å². The minimum Gasteiger partial charge on any atom is -0.480 e. The summed E-state index contributed by atoms with van der Waals surface area (Å²) in [5.41, 5.74) is 0.841. The smallest absolute Gasteiger partial charge is 0.328 e. The molecule has 1 aliphatic rings. The molecule has 1 saturated heterocycles. The van der Waals surface area contributed by atoms with Crippen LogP contribution in [0.25, 0.3) is 0 Å². The lowest BCUT2D eigenvalue weighted by Gasteiger charge is -2.26. The second kappa shape index (κ2) is 12.9. The SMILES string of the molecule is CC(C)CC(NC(=O)C(Cc1ccccc1)NC(=O)C1CCCN1)C(=O)NC(CO)C(=O)O. The van der Waals surface area contributed by atoms with Crippen molar-refractivity contribution in [3.8, 4) is 0 Å². The summed E-state index contributed by atoms with van der Waals surface area (Å²) in [6.45, 7) is 3.69. The van der Waals surface area contributed by atoms with Crippen molar-refractivity contribution in [2.45, 2.75) is 63.7 Å². The van der Waals surface area contributed by atoms with E-state index in [0.717, 1.165) is 18.5 Å². The molecule has 0 radical (unpaired) electrons. The van der Waals surface area contributed by atoms with Gasteiger partial charge in [-0.1, -0.05) is 44.2 Å². The van der Waals surface area contributed by atoms with Gasteiger partial charge in [-0.05, 0) is 37.3 Å². The Morgan fingerprint density at radius 2 is 1.64 bits per heavy atom. The molecule has 0 saturated carbocycles. The molecule has 1 aromatic carbocycles. The van der Waals surface area contributed by atoms with Gasteiger partial charge in [-0.15, -0.1) is 0 Å². The number of amides is 3. The lowest BCUT2D eigenvalue weighted by atomic mass is 10.0. The molecule has 10 heteroatoms. The highest BCUT2D eigenvalue weighted by atomic mass is 16.4. The predicted octanol–water partition coefficient (Wildman–Crippen LogP) is -0.441. The number of aliphatic carboxylic acids is 1. The van der Waals surface area contributed by atoms with Crippen LogP contribution in [0, 0.1) is 5.92 Å². The topological polar surface area (TPSA) is 157 Å². The predicted molar refractivity (Wildman–Crippen MR) is 121 cm³/mol. The van der Waals surface area contributed by atoms with Gasteiger partial charge in [0, 0.05) is 6.42 Å². The van der Waals surface area contributed by atoms with E-state index in [9.17, 15) is 24.3 Å². The van der Waals surface area contributed by atoms with Crippen molar-refractivity contribution in [3.05, 3.63) is 35.9 Å². The number of rotatable bonds is 12. The Bertz CT molecular complexity index is 810. The number of aliphatic hydroxyl groups excluding tert-OH is 1. The van der Waals surface area contributed by atoms with E-state index in [-0.39, 0.29) is 30.7 Å². The van der Waals surface area contributed by atoms with E-state index in [1.165, 1.54) is 0 Å². The molecule has 1 aromatic rings. The van der Waals surface area contributed by atoms with E-state index in [1.807, 2.05) is 44.2 Å². The van der Waals surface area contributed by atoms with Crippen molar-refractivity contribution < 1.29 is 29.4 Å². The first kappa shape index (κ1) is 26.3. The fourth-order valence-electron chi connectivity index (χ4n) is 3.67. The lowest BCUT2D eigenvalue weighted by Crippen LogP contribution is -2.58. The normalized spacial score (nSPS) is 18.2. The van der Waals surface area contributed by atoms with Crippen LogP contribution in [-0.4, -0.2) is 71.2 Å². The first-order valence-electron chi connectivity index (χ1n) is 11.2. The molecule has 2 rings (SSSR count). The lowest BCUT2D eigenvalue weighted by molar-refractivity contribution is -0.143. The number of carbonyl (C=O) groups is 4. The molecule has 4 atom stereocenters. The van der Waals surface area contributed by atoms with Crippen LogP contribution < -0.4 is 21.3 Å². The largest absolute Gasteiger partial charge is 0.480 e. The van der Waals surface area contributed by atoms with Crippen molar-refractivity contribution in [2.24, 2.45) is 5.92 Å². The Kier molecular flexibility index (Phi) is 10.3. The molecule has 6 N–H and O–H groups in total. The molecule has 1 heterocycles. The summed E-state index contributed by atoms with van der Waals surface area (Å²) in [7, 11) is 0. The number of hydrogen-bond donors (Lipinski definition) is 6. The van der Waals surface area contributed by atoms with E-state index in [4.69, 9.17) is 5.11 Å². The van der Waals surface area contributed by atoms with Crippen LogP contribution in [0.2, 0.25) is 0 Å². The molecule has 4 unspecified atom stereocenters. The van der Waals surface area contributed by atoms with E-state index >= 15 is 0 Å². The zero-order valence-electron chi connectivity index (χ0n) is 19.0. The number of carboxylic acids is 1. The average molecular weight is 463 g/mol. The third kappa shape index (κ3) is 8.47. The summed E-state index contributed by atoms with van der Waals surface area (Å²) in [6, 6.07) is 5.42. The van der Waals surface area contributed by atoms with E-state index in [0.29, 0.717) is 6.42 Å². The third-order valence-electron chi connectivity index (χ3n) is 5.43. The third-order valence-corrected chi connectivity index (χ3v) is 5.43. The first-order chi connectivity index (χ1) is 15.7. The number of benzene rings is 1. The second-order valence-electron chi connectivity index (χ2n) is 8.67. The van der Waals surface area contributed by atoms with E-state index < -0.39 is 42.5 Å². The number of aliphatic hydroxyl groups is 1. The summed E-state index contributed by atoms with van der Waals surface area (Å²) in [6.07, 6.45) is 2.04. The molecule has 182 valence electrons. The first-order valence-corrected chi connectivity index (χ1v) is 11.2. The van der Waals surface area contributed by atoms with Crippen LogP contribution in [0.3, 0.4) is 0 Å². The number of nitrogens with one attached hydrogen (secondary N) is 4. The van der Waals surface area contributed by atoms with Crippen molar-refractivity contribution in [3.63, 3.8) is 0 Å². The number of hydrogen-bond acceptors (Lipinski definition) is 6. The van der Waals surface area contributed by atoms with Crippen molar-refractivity contribution in [1.82, 2.24) is 21.3 Å². The van der Waals surface area contributed by atoms with Gasteiger partial charge in [0.1, 0.15) is 18.1 Å². The van der Waals surface area contributed by atoms with Gasteiger partial charge in [-0.2, -0.15) is 0 Å². The van der Waals surface area contributed by atoms with Crippen LogP contribution >= 0.6 is 0 Å². The highest BCUT2D eigenvalue weighted by molar-refractivity contribution is 5.94. The fraction of sp³-hybridized carbons (Fsp3) is 0.565. The van der Waals surface area contributed by atoms with Gasteiger partial charge in [0.25, 0.3) is 0 Å². The number of carboxylic acid groups (broad SMARTS) is 1. The Morgan fingerprint density at radius 1 is 1.00 bits per heavy atom. The second-order valence-corrected chi connectivity index (χ2v) is 8.67. The van der Waals surface area contributed by atoms with E-state index in [1.54, 1.807) is 0 Å². The maximum absolute atomic E-state index is 13.2. The Morgan fingerprint density at radius 3 is 2.18 bits per heavy atom. The molecular formula is C23H34N4O6. The quantitative estimate of drug-likeness (QED) is 0.246. The maximum Gasteiger partial charge on any atom is 0.328 e. The molecule has 1 aliphatic heterocycles. The highest BCUT2D eigenvalue weighted by Gasteiger charge is 2.31. The molecule has 0 spiro atoms. The molecule has 3 amide bonds. The fourth-order valence-corrected chi connectivity index (χ4v) is 3.67. The van der Waals surface area contributed by atoms with Crippen molar-refractivity contribution in [2.75, 3.05) is 13.2 Å². The van der Waals surface area contributed by atoms with Gasteiger partial charge < -0.3 is 31.5 Å². The van der Waals surface area contributed by atoms with Gasteiger partial charge >= 0.3 is 5.97 Å². The van der Waals surface area contributed by atoms with Crippen LogP contribution in [0.1, 0.15) is 38.7 Å². The molecule has 0 aromatic heterocycles.